The number of carbonyl (C=O) groups is 2. The van der Waals surface area contributed by atoms with Crippen LogP contribution in [0.1, 0.15) is 32.6 Å². The van der Waals surface area contributed by atoms with Crippen molar-refractivity contribution in [3.8, 4) is 0 Å². The van der Waals surface area contributed by atoms with Gasteiger partial charge in [-0.2, -0.15) is 0 Å². The lowest BCUT2D eigenvalue weighted by molar-refractivity contribution is -0.133. The van der Waals surface area contributed by atoms with E-state index in [1.165, 1.54) is 0 Å². The summed E-state index contributed by atoms with van der Waals surface area (Å²) < 4.78 is 0. The number of carbonyl (C=O) groups excluding carboxylic acids is 2. The number of nitrogens with one attached hydrogen (secondary N) is 1. The van der Waals surface area contributed by atoms with Crippen LogP contribution in [0.25, 0.3) is 0 Å². The van der Waals surface area contributed by atoms with Gasteiger partial charge < -0.3 is 16.0 Å². The molecule has 0 spiro atoms. The van der Waals surface area contributed by atoms with Crippen molar-refractivity contribution in [2.24, 2.45) is 5.73 Å². The molecule has 0 aromatic carbocycles. The predicted octanol–water partition coefficient (Wildman–Crippen LogP) is -0.148. The first kappa shape index (κ1) is 13.0. The van der Waals surface area contributed by atoms with Crippen LogP contribution in [0.2, 0.25) is 0 Å². The molecule has 0 atom stereocenters. The van der Waals surface area contributed by atoms with Crippen LogP contribution >= 0.6 is 0 Å². The molecule has 0 radical (unpaired) electrons. The number of nitrogens with two attached hydrogens (primary N) is 1. The summed E-state index contributed by atoms with van der Waals surface area (Å²) in [4.78, 5) is 24.6. The molecule has 0 aliphatic heterocycles. The minimum absolute atomic E-state index is 0.0118. The average molecular weight is 227 g/mol. The highest BCUT2D eigenvalue weighted by Gasteiger charge is 2.31. The van der Waals surface area contributed by atoms with Gasteiger partial charge in [0, 0.05) is 12.6 Å². The maximum Gasteiger partial charge on any atom is 0.242 e. The smallest absolute Gasteiger partial charge is 0.242 e. The van der Waals surface area contributed by atoms with Crippen LogP contribution in [0.15, 0.2) is 0 Å². The van der Waals surface area contributed by atoms with Crippen molar-refractivity contribution in [3.05, 3.63) is 0 Å². The van der Waals surface area contributed by atoms with Crippen LogP contribution in [0.4, 0.5) is 0 Å². The van der Waals surface area contributed by atoms with E-state index in [1.54, 1.807) is 0 Å². The molecule has 0 aromatic heterocycles. The summed E-state index contributed by atoms with van der Waals surface area (Å²) in [6.07, 6.45) is 4.29. The van der Waals surface area contributed by atoms with Crippen molar-refractivity contribution in [1.29, 1.82) is 0 Å². The Morgan fingerprint density at radius 2 is 2.12 bits per heavy atom. The molecule has 2 amide bonds. The van der Waals surface area contributed by atoms with Gasteiger partial charge in [0.15, 0.2) is 0 Å². The van der Waals surface area contributed by atoms with Gasteiger partial charge in [0.1, 0.15) is 0 Å². The van der Waals surface area contributed by atoms with Gasteiger partial charge in [0.2, 0.25) is 11.8 Å². The van der Waals surface area contributed by atoms with Gasteiger partial charge in [-0.1, -0.05) is 13.3 Å². The SMILES string of the molecule is CCCCN(C(=O)CNC(=O)CN)C1CC1. The summed E-state index contributed by atoms with van der Waals surface area (Å²) in [6, 6.07) is 0.411. The molecule has 1 aliphatic carbocycles. The van der Waals surface area contributed by atoms with Crippen LogP contribution in [0.5, 0.6) is 0 Å². The number of amides is 2. The highest BCUT2D eigenvalue weighted by molar-refractivity contribution is 5.85. The lowest BCUT2D eigenvalue weighted by atomic mass is 10.3. The van der Waals surface area contributed by atoms with Crippen molar-refractivity contribution in [3.63, 3.8) is 0 Å². The molecule has 0 bridgehead atoms. The topological polar surface area (TPSA) is 75.4 Å². The molecular weight excluding hydrogens is 206 g/mol. The molecule has 1 aliphatic rings. The Morgan fingerprint density at radius 3 is 2.62 bits per heavy atom. The third-order valence-corrected chi connectivity index (χ3v) is 2.68. The third-order valence-electron chi connectivity index (χ3n) is 2.68. The van der Waals surface area contributed by atoms with Gasteiger partial charge in [-0.15, -0.1) is 0 Å². The molecule has 3 N–H and O–H groups in total. The highest BCUT2D eigenvalue weighted by atomic mass is 16.2. The Kier molecular flexibility index (Phi) is 5.25. The molecule has 1 rings (SSSR count). The highest BCUT2D eigenvalue weighted by Crippen LogP contribution is 2.26. The number of hydrogen-bond acceptors (Lipinski definition) is 3. The van der Waals surface area contributed by atoms with Crippen LogP contribution in [0, 0.1) is 0 Å². The summed E-state index contributed by atoms with van der Waals surface area (Å²) in [5.74, 6) is -0.266. The second-order valence-electron chi connectivity index (χ2n) is 4.15. The molecule has 5 nitrogen and oxygen atoms in total. The summed E-state index contributed by atoms with van der Waals surface area (Å²) in [7, 11) is 0. The maximum absolute atomic E-state index is 11.8. The Bertz CT molecular complexity index is 252. The van der Waals surface area contributed by atoms with Crippen molar-refractivity contribution in [2.45, 2.75) is 38.6 Å². The molecule has 16 heavy (non-hydrogen) atoms. The monoisotopic (exact) mass is 227 g/mol. The fourth-order valence-corrected chi connectivity index (χ4v) is 1.57. The Morgan fingerprint density at radius 1 is 1.44 bits per heavy atom. The molecule has 1 saturated carbocycles. The molecule has 5 heteroatoms. The molecule has 0 aromatic rings. The van der Waals surface area contributed by atoms with Crippen LogP contribution < -0.4 is 11.1 Å². The van der Waals surface area contributed by atoms with Gasteiger partial charge in [-0.3, -0.25) is 9.59 Å². The van der Waals surface area contributed by atoms with E-state index in [4.69, 9.17) is 5.73 Å². The third kappa shape index (κ3) is 4.18. The summed E-state index contributed by atoms with van der Waals surface area (Å²) in [5.41, 5.74) is 5.15. The number of rotatable bonds is 7. The molecular formula is C11H21N3O2. The quantitative estimate of drug-likeness (QED) is 0.635. The Labute approximate surface area is 96.4 Å². The first-order chi connectivity index (χ1) is 7.69. The molecule has 0 heterocycles. The van der Waals surface area contributed by atoms with E-state index < -0.39 is 0 Å². The number of hydrogen-bond donors (Lipinski definition) is 2. The van der Waals surface area contributed by atoms with Crippen LogP contribution in [-0.2, 0) is 9.59 Å². The van der Waals surface area contributed by atoms with E-state index in [9.17, 15) is 9.59 Å². The summed E-state index contributed by atoms with van der Waals surface area (Å²) >= 11 is 0. The lowest BCUT2D eigenvalue weighted by Gasteiger charge is -2.22. The zero-order valence-electron chi connectivity index (χ0n) is 9.87. The second kappa shape index (κ2) is 6.48. The Hall–Kier alpha value is -1.10. The van der Waals surface area contributed by atoms with E-state index in [1.807, 2.05) is 4.90 Å². The van der Waals surface area contributed by atoms with E-state index in [2.05, 4.69) is 12.2 Å². The minimum Gasteiger partial charge on any atom is -0.346 e. The predicted molar refractivity (Wildman–Crippen MR) is 61.7 cm³/mol. The summed E-state index contributed by atoms with van der Waals surface area (Å²) in [6.45, 7) is 2.92. The second-order valence-corrected chi connectivity index (χ2v) is 4.15. The van der Waals surface area contributed by atoms with Crippen molar-refractivity contribution < 1.29 is 9.59 Å². The largest absolute Gasteiger partial charge is 0.346 e. The van der Waals surface area contributed by atoms with E-state index in [0.717, 1.165) is 32.2 Å². The van der Waals surface area contributed by atoms with E-state index in [-0.39, 0.29) is 24.9 Å². The van der Waals surface area contributed by atoms with Crippen LogP contribution in [-0.4, -0.2) is 42.4 Å². The van der Waals surface area contributed by atoms with Gasteiger partial charge in [-0.05, 0) is 19.3 Å². The molecule has 0 saturated heterocycles. The van der Waals surface area contributed by atoms with E-state index in [0.29, 0.717) is 6.04 Å². The fraction of sp³-hybridized carbons (Fsp3) is 0.818. The molecule has 92 valence electrons. The standard InChI is InChI=1S/C11H21N3O2/c1-2-3-6-14(9-4-5-9)11(16)8-13-10(15)7-12/h9H,2-8,12H2,1H3,(H,13,15). The van der Waals surface area contributed by atoms with Gasteiger partial charge in [0.25, 0.3) is 0 Å². The normalized spacial score (nSPS) is 14.6. The van der Waals surface area contributed by atoms with Crippen LogP contribution in [0.3, 0.4) is 0 Å². The summed E-state index contributed by atoms with van der Waals surface area (Å²) in [5, 5.41) is 2.52. The first-order valence-electron chi connectivity index (χ1n) is 5.95. The zero-order chi connectivity index (χ0) is 12.0. The number of unbranched alkanes of at least 4 members (excludes halogenated alkanes) is 1. The van der Waals surface area contributed by atoms with Crippen molar-refractivity contribution in [1.82, 2.24) is 10.2 Å². The number of nitrogens with zero attached hydrogens (tertiary/aromatic N) is 1. The lowest BCUT2D eigenvalue weighted by Crippen LogP contribution is -2.43. The first-order valence-corrected chi connectivity index (χ1v) is 5.95. The minimum atomic E-state index is -0.278. The zero-order valence-corrected chi connectivity index (χ0v) is 9.87. The molecule has 1 fully saturated rings. The van der Waals surface area contributed by atoms with Gasteiger partial charge >= 0.3 is 0 Å². The fourth-order valence-electron chi connectivity index (χ4n) is 1.57. The van der Waals surface area contributed by atoms with Crippen molar-refractivity contribution in [2.75, 3.05) is 19.6 Å². The van der Waals surface area contributed by atoms with E-state index >= 15 is 0 Å². The van der Waals surface area contributed by atoms with Crippen molar-refractivity contribution >= 4 is 11.8 Å². The molecule has 0 unspecified atom stereocenters. The Balaban J connectivity index is 2.32. The van der Waals surface area contributed by atoms with Gasteiger partial charge in [-0.25, -0.2) is 0 Å². The average Bonchev–Trinajstić information content (AvgIpc) is 3.10. The van der Waals surface area contributed by atoms with Gasteiger partial charge in [0.05, 0.1) is 13.1 Å². The maximum atomic E-state index is 11.8.